The summed E-state index contributed by atoms with van der Waals surface area (Å²) in [6.45, 7) is 0.758. The molecule has 3 rings (SSSR count). The summed E-state index contributed by atoms with van der Waals surface area (Å²) in [5.74, 6) is 0.242. The average Bonchev–Trinajstić information content (AvgIpc) is 2.98. The molecule has 1 saturated heterocycles. The highest BCUT2D eigenvalue weighted by Gasteiger charge is 2.31. The Morgan fingerprint density at radius 1 is 1.29 bits per heavy atom. The number of halogens is 1. The quantitative estimate of drug-likeness (QED) is 0.869. The van der Waals surface area contributed by atoms with Crippen LogP contribution in [-0.4, -0.2) is 44.4 Å². The normalized spacial score (nSPS) is 18.5. The number of likely N-dealkylation sites (tertiary alicyclic amines) is 1. The van der Waals surface area contributed by atoms with E-state index in [4.69, 9.17) is 0 Å². The third-order valence-corrected chi connectivity index (χ3v) is 4.86. The molecule has 0 spiro atoms. The van der Waals surface area contributed by atoms with Crippen molar-refractivity contribution in [2.24, 2.45) is 7.05 Å². The van der Waals surface area contributed by atoms with Gasteiger partial charge in [-0.25, -0.2) is 4.39 Å². The van der Waals surface area contributed by atoms with Gasteiger partial charge in [-0.3, -0.25) is 4.79 Å². The van der Waals surface area contributed by atoms with Gasteiger partial charge in [0.2, 0.25) is 5.91 Å². The number of amides is 1. The van der Waals surface area contributed by atoms with Crippen LogP contribution in [0.25, 0.3) is 11.4 Å². The zero-order valence-corrected chi connectivity index (χ0v) is 12.6. The van der Waals surface area contributed by atoms with Crippen molar-refractivity contribution >= 4 is 17.7 Å². The van der Waals surface area contributed by atoms with E-state index in [1.54, 1.807) is 41.8 Å². The molecule has 0 aliphatic carbocycles. The van der Waals surface area contributed by atoms with Crippen molar-refractivity contribution in [1.29, 1.82) is 0 Å². The second-order valence-electron chi connectivity index (χ2n) is 5.00. The molecule has 7 heteroatoms. The summed E-state index contributed by atoms with van der Waals surface area (Å²) >= 11 is 1.39. The SMILES string of the molecule is CN1CC[C@H](Sc2nnc(-c3ccccc3F)n2C)C1=O. The van der Waals surface area contributed by atoms with Crippen LogP contribution in [0.1, 0.15) is 6.42 Å². The number of hydrogen-bond acceptors (Lipinski definition) is 4. The second-order valence-corrected chi connectivity index (χ2v) is 6.17. The van der Waals surface area contributed by atoms with Crippen molar-refractivity contribution < 1.29 is 9.18 Å². The smallest absolute Gasteiger partial charge is 0.235 e. The standard InChI is InChI=1S/C14H15FN4OS/c1-18-8-7-11(13(18)20)21-14-17-16-12(19(14)2)9-5-3-4-6-10(9)15/h3-6,11H,7-8H2,1-2H3/t11-/m0/s1. The molecule has 1 fully saturated rings. The van der Waals surface area contributed by atoms with Crippen LogP contribution in [0.15, 0.2) is 29.4 Å². The van der Waals surface area contributed by atoms with Gasteiger partial charge in [-0.15, -0.1) is 10.2 Å². The maximum Gasteiger partial charge on any atom is 0.235 e. The van der Waals surface area contributed by atoms with Crippen LogP contribution < -0.4 is 0 Å². The first kappa shape index (κ1) is 14.1. The minimum absolute atomic E-state index is 0.107. The Hall–Kier alpha value is -1.89. The number of aromatic nitrogens is 3. The lowest BCUT2D eigenvalue weighted by molar-refractivity contribution is -0.126. The van der Waals surface area contributed by atoms with E-state index >= 15 is 0 Å². The third kappa shape index (κ3) is 2.53. The van der Waals surface area contributed by atoms with Gasteiger partial charge < -0.3 is 9.47 Å². The number of carbonyl (C=O) groups excluding carboxylic acids is 1. The summed E-state index contributed by atoms with van der Waals surface area (Å²) in [4.78, 5) is 13.7. The molecule has 2 heterocycles. The first-order chi connectivity index (χ1) is 10.1. The van der Waals surface area contributed by atoms with Gasteiger partial charge in [-0.2, -0.15) is 0 Å². The Kier molecular flexibility index (Phi) is 3.67. The molecule has 0 bridgehead atoms. The van der Waals surface area contributed by atoms with E-state index in [0.717, 1.165) is 13.0 Å². The highest BCUT2D eigenvalue weighted by atomic mass is 32.2. The van der Waals surface area contributed by atoms with Crippen LogP contribution in [0.2, 0.25) is 0 Å². The van der Waals surface area contributed by atoms with Gasteiger partial charge in [0.25, 0.3) is 0 Å². The van der Waals surface area contributed by atoms with Crippen molar-refractivity contribution in [1.82, 2.24) is 19.7 Å². The van der Waals surface area contributed by atoms with Crippen molar-refractivity contribution in [2.75, 3.05) is 13.6 Å². The van der Waals surface area contributed by atoms with Gasteiger partial charge in [0.05, 0.1) is 10.8 Å². The van der Waals surface area contributed by atoms with Gasteiger partial charge in [0, 0.05) is 20.6 Å². The molecule has 0 N–H and O–H groups in total. The first-order valence-electron chi connectivity index (χ1n) is 6.64. The van der Waals surface area contributed by atoms with E-state index in [1.807, 2.05) is 0 Å². The molecule has 1 aliphatic heterocycles. The Balaban J connectivity index is 1.87. The largest absolute Gasteiger partial charge is 0.345 e. The zero-order valence-electron chi connectivity index (χ0n) is 11.8. The summed E-state index contributed by atoms with van der Waals surface area (Å²) < 4.78 is 15.6. The van der Waals surface area contributed by atoms with E-state index in [0.29, 0.717) is 16.5 Å². The minimum atomic E-state index is -0.332. The Morgan fingerprint density at radius 3 is 2.71 bits per heavy atom. The van der Waals surface area contributed by atoms with Gasteiger partial charge in [-0.1, -0.05) is 23.9 Å². The summed E-state index contributed by atoms with van der Waals surface area (Å²) in [7, 11) is 3.58. The maximum absolute atomic E-state index is 13.8. The minimum Gasteiger partial charge on any atom is -0.345 e. The Morgan fingerprint density at radius 2 is 2.05 bits per heavy atom. The number of benzene rings is 1. The summed E-state index contributed by atoms with van der Waals surface area (Å²) in [6.07, 6.45) is 0.794. The molecule has 0 unspecified atom stereocenters. The molecular formula is C14H15FN4OS. The molecule has 1 aromatic heterocycles. The lowest BCUT2D eigenvalue weighted by Crippen LogP contribution is -2.23. The molecule has 2 aromatic rings. The molecule has 1 amide bonds. The summed E-state index contributed by atoms with van der Waals surface area (Å²) in [6, 6.07) is 6.46. The number of nitrogens with zero attached hydrogens (tertiary/aromatic N) is 4. The predicted molar refractivity (Wildman–Crippen MR) is 78.3 cm³/mol. The number of rotatable bonds is 3. The number of thioether (sulfide) groups is 1. The van der Waals surface area contributed by atoms with Crippen molar-refractivity contribution in [3.8, 4) is 11.4 Å². The second kappa shape index (κ2) is 5.48. The topological polar surface area (TPSA) is 51.0 Å². The molecule has 0 radical (unpaired) electrons. The van der Waals surface area contributed by atoms with Crippen molar-refractivity contribution in [3.63, 3.8) is 0 Å². The summed E-state index contributed by atoms with van der Waals surface area (Å²) in [5, 5.41) is 8.65. The lowest BCUT2D eigenvalue weighted by atomic mass is 10.2. The predicted octanol–water partition coefficient (Wildman–Crippen LogP) is 1.94. The highest BCUT2D eigenvalue weighted by Crippen LogP contribution is 2.31. The molecule has 5 nitrogen and oxygen atoms in total. The fraction of sp³-hybridized carbons (Fsp3) is 0.357. The molecule has 21 heavy (non-hydrogen) atoms. The summed E-state index contributed by atoms with van der Waals surface area (Å²) in [5.41, 5.74) is 0.411. The molecule has 1 aromatic carbocycles. The Labute approximate surface area is 126 Å². The van der Waals surface area contributed by atoms with E-state index in [-0.39, 0.29) is 17.0 Å². The van der Waals surface area contributed by atoms with Crippen molar-refractivity contribution in [3.05, 3.63) is 30.1 Å². The monoisotopic (exact) mass is 306 g/mol. The lowest BCUT2D eigenvalue weighted by Gasteiger charge is -2.09. The van der Waals surface area contributed by atoms with Crippen molar-refractivity contribution in [2.45, 2.75) is 16.8 Å². The first-order valence-corrected chi connectivity index (χ1v) is 7.52. The third-order valence-electron chi connectivity index (χ3n) is 3.58. The van der Waals surface area contributed by atoms with Gasteiger partial charge in [0.15, 0.2) is 11.0 Å². The van der Waals surface area contributed by atoms with Crippen LogP contribution in [0.3, 0.4) is 0 Å². The van der Waals surface area contributed by atoms with E-state index in [2.05, 4.69) is 10.2 Å². The fourth-order valence-corrected chi connectivity index (χ4v) is 3.41. The fourth-order valence-electron chi connectivity index (χ4n) is 2.32. The van der Waals surface area contributed by atoms with Crippen LogP contribution in [0, 0.1) is 5.82 Å². The van der Waals surface area contributed by atoms with Crippen LogP contribution in [0.4, 0.5) is 4.39 Å². The Bertz CT molecular complexity index is 687. The van der Waals surface area contributed by atoms with Gasteiger partial charge in [-0.05, 0) is 18.6 Å². The van der Waals surface area contributed by atoms with Gasteiger partial charge >= 0.3 is 0 Å². The highest BCUT2D eigenvalue weighted by molar-refractivity contribution is 8.00. The molecule has 110 valence electrons. The number of hydrogen-bond donors (Lipinski definition) is 0. The molecular weight excluding hydrogens is 291 g/mol. The van der Waals surface area contributed by atoms with Gasteiger partial charge in [0.1, 0.15) is 5.82 Å². The van der Waals surface area contributed by atoms with E-state index < -0.39 is 0 Å². The average molecular weight is 306 g/mol. The maximum atomic E-state index is 13.8. The van der Waals surface area contributed by atoms with E-state index in [1.165, 1.54) is 17.8 Å². The van der Waals surface area contributed by atoms with Crippen LogP contribution in [0.5, 0.6) is 0 Å². The number of carbonyl (C=O) groups is 1. The molecule has 0 saturated carbocycles. The van der Waals surface area contributed by atoms with Crippen LogP contribution >= 0.6 is 11.8 Å². The molecule has 1 aliphatic rings. The molecule has 1 atom stereocenters. The van der Waals surface area contributed by atoms with Crippen LogP contribution in [-0.2, 0) is 11.8 Å². The zero-order chi connectivity index (χ0) is 15.0. The van der Waals surface area contributed by atoms with E-state index in [9.17, 15) is 9.18 Å².